The summed E-state index contributed by atoms with van der Waals surface area (Å²) in [6.07, 6.45) is 21.0. The Labute approximate surface area is 184 Å². The number of rotatable bonds is 19. The predicted molar refractivity (Wildman–Crippen MR) is 123 cm³/mol. The fraction of sp³-hybridized carbons (Fsp3) is 0.920. The molecule has 0 spiro atoms. The molecule has 0 amide bonds. The summed E-state index contributed by atoms with van der Waals surface area (Å²) in [5.41, 5.74) is 0. The van der Waals surface area contributed by atoms with E-state index in [9.17, 15) is 15.3 Å². The molecule has 0 aromatic heterocycles. The first-order valence-corrected chi connectivity index (χ1v) is 12.6. The van der Waals surface area contributed by atoms with Gasteiger partial charge in [-0.2, -0.15) is 0 Å². The number of hydrogen-bond acceptors (Lipinski definition) is 5. The standard InChI is InChI=1S/C25H48O5/c1-2-3-4-5-6-7-8-9-10-11-12-13-14-15-16-17-18-19-29-25-23(20-26)30-21-22(27)24(25)28/h17-18,22-28H,2-16,19-21H2,1H3/b18-17+/t22-,23+,24+,25+/m0/s1. The highest BCUT2D eigenvalue weighted by atomic mass is 16.6. The van der Waals surface area contributed by atoms with Crippen LogP contribution >= 0.6 is 0 Å². The second-order valence-electron chi connectivity index (χ2n) is 8.77. The van der Waals surface area contributed by atoms with Crippen molar-refractivity contribution in [2.45, 2.75) is 128 Å². The van der Waals surface area contributed by atoms with E-state index < -0.39 is 24.4 Å². The van der Waals surface area contributed by atoms with Crippen molar-refractivity contribution in [3.8, 4) is 0 Å². The molecule has 1 aliphatic rings. The molecule has 0 unspecified atom stereocenters. The number of ether oxygens (including phenoxy) is 2. The average molecular weight is 429 g/mol. The normalized spacial score (nSPS) is 24.7. The summed E-state index contributed by atoms with van der Waals surface area (Å²) in [5.74, 6) is 0. The van der Waals surface area contributed by atoms with E-state index in [-0.39, 0.29) is 13.2 Å². The molecule has 1 fully saturated rings. The van der Waals surface area contributed by atoms with Crippen LogP contribution in [0.15, 0.2) is 12.2 Å². The van der Waals surface area contributed by atoms with Crippen LogP contribution in [-0.4, -0.2) is 59.6 Å². The van der Waals surface area contributed by atoms with Crippen molar-refractivity contribution in [2.75, 3.05) is 19.8 Å². The van der Waals surface area contributed by atoms with Crippen LogP contribution in [0.1, 0.15) is 103 Å². The summed E-state index contributed by atoms with van der Waals surface area (Å²) in [4.78, 5) is 0. The summed E-state index contributed by atoms with van der Waals surface area (Å²) < 4.78 is 10.9. The quantitative estimate of drug-likeness (QED) is 0.201. The number of allylic oxidation sites excluding steroid dienone is 1. The molecule has 0 aromatic carbocycles. The van der Waals surface area contributed by atoms with Crippen LogP contribution in [-0.2, 0) is 9.47 Å². The number of aliphatic hydroxyl groups excluding tert-OH is 3. The minimum atomic E-state index is -1.02. The summed E-state index contributed by atoms with van der Waals surface area (Å²) in [6.45, 7) is 2.43. The smallest absolute Gasteiger partial charge is 0.115 e. The molecule has 1 aliphatic heterocycles. The molecule has 1 heterocycles. The van der Waals surface area contributed by atoms with Crippen LogP contribution in [0.4, 0.5) is 0 Å². The molecule has 178 valence electrons. The van der Waals surface area contributed by atoms with Gasteiger partial charge in [0.2, 0.25) is 0 Å². The van der Waals surface area contributed by atoms with Crippen molar-refractivity contribution in [3.05, 3.63) is 12.2 Å². The lowest BCUT2D eigenvalue weighted by Gasteiger charge is -2.37. The Morgan fingerprint density at radius 1 is 0.800 bits per heavy atom. The first-order valence-electron chi connectivity index (χ1n) is 12.6. The Hall–Kier alpha value is -0.460. The highest BCUT2D eigenvalue weighted by molar-refractivity contribution is 4.89. The lowest BCUT2D eigenvalue weighted by atomic mass is 10.0. The van der Waals surface area contributed by atoms with Crippen LogP contribution < -0.4 is 0 Å². The summed E-state index contributed by atoms with van der Waals surface area (Å²) in [5, 5.41) is 29.0. The van der Waals surface area contributed by atoms with E-state index in [1.165, 1.54) is 89.9 Å². The van der Waals surface area contributed by atoms with Gasteiger partial charge in [-0.25, -0.2) is 0 Å². The van der Waals surface area contributed by atoms with E-state index in [0.717, 1.165) is 6.42 Å². The van der Waals surface area contributed by atoms with Gasteiger partial charge in [0.25, 0.3) is 0 Å². The van der Waals surface area contributed by atoms with Crippen molar-refractivity contribution < 1.29 is 24.8 Å². The maximum atomic E-state index is 9.99. The zero-order valence-corrected chi connectivity index (χ0v) is 19.4. The number of unbranched alkanes of at least 4 members (excludes halogenated alkanes) is 14. The molecule has 30 heavy (non-hydrogen) atoms. The van der Waals surface area contributed by atoms with Crippen molar-refractivity contribution >= 4 is 0 Å². The van der Waals surface area contributed by atoms with Gasteiger partial charge in [-0.15, -0.1) is 0 Å². The van der Waals surface area contributed by atoms with E-state index in [0.29, 0.717) is 6.61 Å². The Bertz CT molecular complexity index is 399. The van der Waals surface area contributed by atoms with E-state index >= 15 is 0 Å². The highest BCUT2D eigenvalue weighted by Gasteiger charge is 2.38. The van der Waals surface area contributed by atoms with Crippen molar-refractivity contribution in [1.29, 1.82) is 0 Å². The predicted octanol–water partition coefficient (Wildman–Crippen LogP) is 4.91. The lowest BCUT2D eigenvalue weighted by molar-refractivity contribution is -0.208. The van der Waals surface area contributed by atoms with E-state index in [1.54, 1.807) is 0 Å². The molecule has 5 heteroatoms. The molecule has 3 N–H and O–H groups in total. The first kappa shape index (κ1) is 27.6. The van der Waals surface area contributed by atoms with Crippen LogP contribution in [0.25, 0.3) is 0 Å². The summed E-state index contributed by atoms with van der Waals surface area (Å²) in [6, 6.07) is 0. The van der Waals surface area contributed by atoms with Crippen molar-refractivity contribution in [1.82, 2.24) is 0 Å². The van der Waals surface area contributed by atoms with Gasteiger partial charge in [0.15, 0.2) is 0 Å². The van der Waals surface area contributed by atoms with Crippen LogP contribution in [0.3, 0.4) is 0 Å². The molecule has 0 radical (unpaired) electrons. The number of aliphatic hydroxyl groups is 3. The molecular formula is C25H48O5. The van der Waals surface area contributed by atoms with E-state index in [2.05, 4.69) is 13.0 Å². The molecule has 0 saturated carbocycles. The molecule has 0 aliphatic carbocycles. The topological polar surface area (TPSA) is 79.2 Å². The van der Waals surface area contributed by atoms with Gasteiger partial charge < -0.3 is 24.8 Å². The fourth-order valence-electron chi connectivity index (χ4n) is 4.03. The van der Waals surface area contributed by atoms with Gasteiger partial charge in [0, 0.05) is 0 Å². The minimum Gasteiger partial charge on any atom is -0.394 e. The number of hydrogen-bond donors (Lipinski definition) is 3. The largest absolute Gasteiger partial charge is 0.394 e. The third-order valence-corrected chi connectivity index (χ3v) is 6.03. The average Bonchev–Trinajstić information content (AvgIpc) is 2.75. The molecule has 4 atom stereocenters. The second-order valence-corrected chi connectivity index (χ2v) is 8.77. The fourth-order valence-corrected chi connectivity index (χ4v) is 4.03. The van der Waals surface area contributed by atoms with E-state index in [4.69, 9.17) is 9.47 Å². The van der Waals surface area contributed by atoms with Crippen LogP contribution in [0.5, 0.6) is 0 Å². The minimum absolute atomic E-state index is 0.0290. The van der Waals surface area contributed by atoms with Gasteiger partial charge in [0.1, 0.15) is 24.4 Å². The molecule has 1 rings (SSSR count). The summed E-state index contributed by atoms with van der Waals surface area (Å²) >= 11 is 0. The SMILES string of the molecule is CCCCCCCCCCCCCCCC/C=C/CO[C@H]1[C@H](O)[C@@H](O)CO[C@@H]1CO. The zero-order chi connectivity index (χ0) is 21.9. The van der Waals surface area contributed by atoms with Gasteiger partial charge in [-0.05, 0) is 12.8 Å². The Kier molecular flexibility index (Phi) is 17.7. The third-order valence-electron chi connectivity index (χ3n) is 6.03. The van der Waals surface area contributed by atoms with Crippen molar-refractivity contribution in [3.63, 3.8) is 0 Å². The molecule has 5 nitrogen and oxygen atoms in total. The highest BCUT2D eigenvalue weighted by Crippen LogP contribution is 2.19. The molecular weight excluding hydrogens is 380 g/mol. The Morgan fingerprint density at radius 2 is 1.33 bits per heavy atom. The zero-order valence-electron chi connectivity index (χ0n) is 19.4. The maximum absolute atomic E-state index is 9.99. The maximum Gasteiger partial charge on any atom is 0.115 e. The Morgan fingerprint density at radius 3 is 1.87 bits per heavy atom. The van der Waals surface area contributed by atoms with Gasteiger partial charge in [-0.3, -0.25) is 0 Å². The Balaban J connectivity index is 1.87. The molecule has 1 saturated heterocycles. The molecule has 0 aromatic rings. The lowest BCUT2D eigenvalue weighted by Crippen LogP contribution is -2.55. The second kappa shape index (κ2) is 19.2. The monoisotopic (exact) mass is 428 g/mol. The van der Waals surface area contributed by atoms with Crippen LogP contribution in [0.2, 0.25) is 0 Å². The summed E-state index contributed by atoms with van der Waals surface area (Å²) in [7, 11) is 0. The third kappa shape index (κ3) is 13.1. The van der Waals surface area contributed by atoms with E-state index in [1.807, 2.05) is 6.08 Å². The van der Waals surface area contributed by atoms with Gasteiger partial charge in [0.05, 0.1) is 19.8 Å². The van der Waals surface area contributed by atoms with Gasteiger partial charge in [-0.1, -0.05) is 103 Å². The first-order chi connectivity index (χ1) is 14.7. The van der Waals surface area contributed by atoms with Gasteiger partial charge >= 0.3 is 0 Å². The van der Waals surface area contributed by atoms with Crippen molar-refractivity contribution in [2.24, 2.45) is 0 Å². The molecule has 0 bridgehead atoms. The van der Waals surface area contributed by atoms with Crippen LogP contribution in [0, 0.1) is 0 Å².